The van der Waals surface area contributed by atoms with E-state index >= 15 is 4.39 Å². The highest BCUT2D eigenvalue weighted by Gasteiger charge is 2.33. The summed E-state index contributed by atoms with van der Waals surface area (Å²) in [5, 5.41) is 13.5. The van der Waals surface area contributed by atoms with Gasteiger partial charge in [-0.05, 0) is 76.4 Å². The number of benzene rings is 2. The van der Waals surface area contributed by atoms with E-state index in [1.54, 1.807) is 0 Å². The van der Waals surface area contributed by atoms with Crippen molar-refractivity contribution in [2.45, 2.75) is 50.6 Å². The molecule has 1 aromatic heterocycles. The molecular weight excluding hydrogens is 455 g/mol. The largest absolute Gasteiger partial charge is 0.503 e. The van der Waals surface area contributed by atoms with Crippen molar-refractivity contribution in [3.63, 3.8) is 0 Å². The molecule has 2 N–H and O–H groups in total. The van der Waals surface area contributed by atoms with Gasteiger partial charge in [0.15, 0.2) is 23.2 Å². The number of carbonyl (C=O) groups excluding carboxylic acids is 1. The number of nitrogens with one attached hydrogen (secondary N) is 1. The van der Waals surface area contributed by atoms with Crippen LogP contribution in [0.25, 0.3) is 22.0 Å². The second-order valence-electron chi connectivity index (χ2n) is 9.94. The van der Waals surface area contributed by atoms with Gasteiger partial charge in [-0.3, -0.25) is 9.78 Å². The SMILES string of the molecule is CN(C)[C@H]1CC[C@H](Nc2c(C(=O)C3CC3)cnc3cc(F)c(-c4cc(F)c(O)c(F)c4)cc23)CC1. The third-order valence-electron chi connectivity index (χ3n) is 7.27. The molecule has 5 nitrogen and oxygen atoms in total. The molecule has 0 spiro atoms. The number of nitrogens with zero attached hydrogens (tertiary/aromatic N) is 2. The minimum atomic E-state index is -1.17. The number of carbonyl (C=O) groups is 1. The van der Waals surface area contributed by atoms with Crippen LogP contribution < -0.4 is 5.32 Å². The topological polar surface area (TPSA) is 65.5 Å². The first-order valence-corrected chi connectivity index (χ1v) is 12.0. The van der Waals surface area contributed by atoms with E-state index in [0.29, 0.717) is 28.2 Å². The Hall–Kier alpha value is -3.13. The summed E-state index contributed by atoms with van der Waals surface area (Å²) in [6.45, 7) is 0. The highest BCUT2D eigenvalue weighted by Crippen LogP contribution is 2.40. The van der Waals surface area contributed by atoms with Crippen LogP contribution in [0.5, 0.6) is 5.75 Å². The fourth-order valence-electron chi connectivity index (χ4n) is 5.00. The van der Waals surface area contributed by atoms with Crippen LogP contribution in [0.3, 0.4) is 0 Å². The number of pyridine rings is 1. The second kappa shape index (κ2) is 9.15. The first kappa shape index (κ1) is 23.6. The standard InChI is InChI=1S/C27H28F3N3O2/c1-33(2)17-7-5-16(6-8-17)32-25-19-11-18(15-9-22(29)27(35)23(30)10-15)21(28)12-24(19)31-13-20(25)26(34)14-3-4-14/h9-14,16-17,35H,3-8H2,1-2H3,(H,31,32)/t16-,17-. The Morgan fingerprint density at radius 2 is 1.63 bits per heavy atom. The minimum Gasteiger partial charge on any atom is -0.503 e. The Bertz CT molecular complexity index is 1280. The molecule has 2 aromatic carbocycles. The van der Waals surface area contributed by atoms with E-state index in [1.807, 2.05) is 0 Å². The van der Waals surface area contributed by atoms with Crippen molar-refractivity contribution in [2.75, 3.05) is 19.4 Å². The molecule has 3 aromatic rings. The van der Waals surface area contributed by atoms with Crippen molar-refractivity contribution >= 4 is 22.4 Å². The summed E-state index contributed by atoms with van der Waals surface area (Å²) in [4.78, 5) is 19.7. The van der Waals surface area contributed by atoms with E-state index in [1.165, 1.54) is 18.3 Å². The molecule has 0 saturated heterocycles. The normalized spacial score (nSPS) is 20.4. The van der Waals surface area contributed by atoms with Crippen LogP contribution in [0, 0.1) is 23.4 Å². The lowest BCUT2D eigenvalue weighted by Gasteiger charge is -2.34. The number of anilines is 1. The molecule has 1 heterocycles. The van der Waals surface area contributed by atoms with Gasteiger partial charge < -0.3 is 15.3 Å². The van der Waals surface area contributed by atoms with Gasteiger partial charge >= 0.3 is 0 Å². The summed E-state index contributed by atoms with van der Waals surface area (Å²) in [7, 11) is 4.15. The lowest BCUT2D eigenvalue weighted by Crippen LogP contribution is -2.36. The van der Waals surface area contributed by atoms with Crippen molar-refractivity contribution < 1.29 is 23.1 Å². The summed E-state index contributed by atoms with van der Waals surface area (Å²) < 4.78 is 43.1. The van der Waals surface area contributed by atoms with Crippen LogP contribution in [0.15, 0.2) is 30.5 Å². The average molecular weight is 484 g/mol. The molecule has 2 aliphatic rings. The van der Waals surface area contributed by atoms with Gasteiger partial charge in [-0.1, -0.05) is 0 Å². The van der Waals surface area contributed by atoms with E-state index in [2.05, 4.69) is 29.3 Å². The molecule has 2 fully saturated rings. The van der Waals surface area contributed by atoms with Gasteiger partial charge in [0.25, 0.3) is 0 Å². The van der Waals surface area contributed by atoms with Crippen LogP contribution in [-0.4, -0.2) is 47.0 Å². The maximum absolute atomic E-state index is 15.0. The van der Waals surface area contributed by atoms with E-state index in [-0.39, 0.29) is 28.9 Å². The van der Waals surface area contributed by atoms with E-state index in [0.717, 1.165) is 50.7 Å². The van der Waals surface area contributed by atoms with Crippen LogP contribution >= 0.6 is 0 Å². The molecule has 0 atom stereocenters. The van der Waals surface area contributed by atoms with E-state index < -0.39 is 23.2 Å². The van der Waals surface area contributed by atoms with Crippen LogP contribution in [0.1, 0.15) is 48.9 Å². The van der Waals surface area contributed by atoms with Gasteiger partial charge in [0.05, 0.1) is 16.8 Å². The molecule has 2 saturated carbocycles. The predicted molar refractivity (Wildman–Crippen MR) is 129 cm³/mol. The Labute approximate surface area is 202 Å². The Morgan fingerprint density at radius 3 is 2.23 bits per heavy atom. The van der Waals surface area contributed by atoms with Gasteiger partial charge in [0, 0.05) is 41.2 Å². The van der Waals surface area contributed by atoms with Crippen molar-refractivity contribution in [3.8, 4) is 16.9 Å². The quantitative estimate of drug-likeness (QED) is 0.427. The average Bonchev–Trinajstić information content (AvgIpc) is 3.67. The van der Waals surface area contributed by atoms with E-state index in [9.17, 15) is 18.7 Å². The summed E-state index contributed by atoms with van der Waals surface area (Å²) in [6, 6.07) is 5.14. The van der Waals surface area contributed by atoms with Crippen molar-refractivity contribution in [1.29, 1.82) is 0 Å². The molecule has 2 aliphatic carbocycles. The first-order chi connectivity index (χ1) is 16.7. The summed E-state index contributed by atoms with van der Waals surface area (Å²) in [5.74, 6) is -4.17. The second-order valence-corrected chi connectivity index (χ2v) is 9.94. The summed E-state index contributed by atoms with van der Waals surface area (Å²) >= 11 is 0. The number of rotatable bonds is 6. The monoisotopic (exact) mass is 483 g/mol. The number of hydrogen-bond donors (Lipinski definition) is 2. The molecule has 184 valence electrons. The van der Waals surface area contributed by atoms with Crippen molar-refractivity contribution in [1.82, 2.24) is 9.88 Å². The van der Waals surface area contributed by atoms with E-state index in [4.69, 9.17) is 0 Å². The third-order valence-corrected chi connectivity index (χ3v) is 7.27. The molecule has 0 unspecified atom stereocenters. The number of Topliss-reactive ketones (excluding diaryl/α,β-unsaturated/α-hetero) is 1. The fraction of sp³-hybridized carbons (Fsp3) is 0.407. The number of aromatic hydroxyl groups is 1. The van der Waals surface area contributed by atoms with Gasteiger partial charge in [-0.2, -0.15) is 0 Å². The number of fused-ring (bicyclic) bond motifs is 1. The summed E-state index contributed by atoms with van der Waals surface area (Å²) in [5.41, 5.74) is 1.33. The van der Waals surface area contributed by atoms with Crippen LogP contribution in [0.2, 0.25) is 0 Å². The molecule has 8 heteroatoms. The zero-order valence-corrected chi connectivity index (χ0v) is 19.7. The molecule has 0 aliphatic heterocycles. The summed E-state index contributed by atoms with van der Waals surface area (Å²) in [6.07, 6.45) is 7.07. The molecule has 5 rings (SSSR count). The van der Waals surface area contributed by atoms with Gasteiger partial charge in [0.2, 0.25) is 0 Å². The maximum Gasteiger partial charge on any atom is 0.187 e. The van der Waals surface area contributed by atoms with Gasteiger partial charge in [-0.15, -0.1) is 0 Å². The zero-order valence-electron chi connectivity index (χ0n) is 19.7. The zero-order chi connectivity index (χ0) is 24.9. The molecule has 0 radical (unpaired) electrons. The molecule has 0 bridgehead atoms. The number of phenolic OH excluding ortho intramolecular Hbond substituents is 1. The number of ketones is 1. The van der Waals surface area contributed by atoms with Crippen LogP contribution in [-0.2, 0) is 0 Å². The lowest BCUT2D eigenvalue weighted by molar-refractivity contribution is 0.0968. The maximum atomic E-state index is 15.0. The third kappa shape index (κ3) is 4.59. The number of halogens is 3. The van der Waals surface area contributed by atoms with Gasteiger partial charge in [0.1, 0.15) is 5.82 Å². The van der Waals surface area contributed by atoms with Crippen molar-refractivity contribution in [2.24, 2.45) is 5.92 Å². The molecule has 35 heavy (non-hydrogen) atoms. The number of aromatic nitrogens is 1. The van der Waals surface area contributed by atoms with Crippen molar-refractivity contribution in [3.05, 3.63) is 53.5 Å². The fourth-order valence-corrected chi connectivity index (χ4v) is 5.00. The van der Waals surface area contributed by atoms with Gasteiger partial charge in [-0.25, -0.2) is 13.2 Å². The number of phenols is 1. The Kier molecular flexibility index (Phi) is 6.17. The highest BCUT2D eigenvalue weighted by molar-refractivity contribution is 6.10. The minimum absolute atomic E-state index is 0.0106. The molecular formula is C27H28F3N3O2. The lowest BCUT2D eigenvalue weighted by atomic mass is 9.89. The Morgan fingerprint density at radius 1 is 0.971 bits per heavy atom. The van der Waals surface area contributed by atoms with Crippen LogP contribution in [0.4, 0.5) is 18.9 Å². The first-order valence-electron chi connectivity index (χ1n) is 12.0. The smallest absolute Gasteiger partial charge is 0.187 e. The predicted octanol–water partition coefficient (Wildman–Crippen LogP) is 5.90. The molecule has 0 amide bonds. The highest BCUT2D eigenvalue weighted by atomic mass is 19.1. The number of hydrogen-bond acceptors (Lipinski definition) is 5. The Balaban J connectivity index is 1.60.